The number of Topliss-reactive ketones (excluding diaryl/α,β-unsaturated/α-hetero) is 1. The zero-order chi connectivity index (χ0) is 22.4. The Labute approximate surface area is 194 Å². The fraction of sp³-hybridized carbons (Fsp3) is 0.304. The van der Waals surface area contributed by atoms with Crippen molar-refractivity contribution in [3.05, 3.63) is 46.1 Å². The predicted molar refractivity (Wildman–Crippen MR) is 130 cm³/mol. The largest absolute Gasteiger partial charge is 0.383 e. The van der Waals surface area contributed by atoms with Gasteiger partial charge >= 0.3 is 0 Å². The number of benzene rings is 1. The molecule has 0 saturated carbocycles. The number of rotatable bonds is 4. The van der Waals surface area contributed by atoms with Crippen LogP contribution in [0.3, 0.4) is 0 Å². The maximum Gasteiger partial charge on any atom is 0.191 e. The van der Waals surface area contributed by atoms with Crippen molar-refractivity contribution in [3.8, 4) is 6.07 Å². The molecule has 0 spiro atoms. The van der Waals surface area contributed by atoms with Crippen LogP contribution in [-0.4, -0.2) is 35.6 Å². The van der Waals surface area contributed by atoms with Gasteiger partial charge in [-0.2, -0.15) is 5.26 Å². The molecule has 1 aliphatic heterocycles. The van der Waals surface area contributed by atoms with Crippen molar-refractivity contribution < 1.29 is 4.79 Å². The summed E-state index contributed by atoms with van der Waals surface area (Å²) < 4.78 is 0. The van der Waals surface area contributed by atoms with Gasteiger partial charge in [-0.25, -0.2) is 9.97 Å². The van der Waals surface area contributed by atoms with E-state index in [1.54, 1.807) is 11.3 Å². The first-order valence-electron chi connectivity index (χ1n) is 10.4. The van der Waals surface area contributed by atoms with E-state index in [-0.39, 0.29) is 17.1 Å². The second-order valence-electron chi connectivity index (χ2n) is 7.91. The summed E-state index contributed by atoms with van der Waals surface area (Å²) >= 11 is 2.91. The molecule has 2 aliphatic rings. The zero-order valence-electron chi connectivity index (χ0n) is 17.9. The Balaban J connectivity index is 1.40. The second-order valence-corrected chi connectivity index (χ2v) is 9.94. The maximum atomic E-state index is 13.0. The van der Waals surface area contributed by atoms with Gasteiger partial charge in [0.05, 0.1) is 22.5 Å². The number of thiophene rings is 1. The average molecular weight is 463 g/mol. The second kappa shape index (κ2) is 8.11. The van der Waals surface area contributed by atoms with E-state index < -0.39 is 0 Å². The van der Waals surface area contributed by atoms with Crippen LogP contribution in [0.2, 0.25) is 0 Å². The Kier molecular flexibility index (Phi) is 5.27. The van der Waals surface area contributed by atoms with E-state index in [0.717, 1.165) is 34.4 Å². The molecule has 3 aromatic rings. The van der Waals surface area contributed by atoms with Crippen molar-refractivity contribution >= 4 is 56.3 Å². The highest BCUT2D eigenvalue weighted by Gasteiger charge is 2.31. The van der Waals surface area contributed by atoms with Gasteiger partial charge in [-0.3, -0.25) is 4.79 Å². The van der Waals surface area contributed by atoms with E-state index in [9.17, 15) is 10.1 Å². The van der Waals surface area contributed by atoms with Crippen molar-refractivity contribution in [2.75, 3.05) is 35.4 Å². The van der Waals surface area contributed by atoms with Crippen LogP contribution in [0.5, 0.6) is 0 Å². The first-order chi connectivity index (χ1) is 15.5. The number of nitrogens with two attached hydrogens (primary N) is 1. The lowest BCUT2D eigenvalue weighted by Gasteiger charge is -2.19. The number of hydrogen-bond acceptors (Lipinski definition) is 9. The smallest absolute Gasteiger partial charge is 0.191 e. The summed E-state index contributed by atoms with van der Waals surface area (Å²) in [7, 11) is 3.73. The van der Waals surface area contributed by atoms with E-state index in [0.29, 0.717) is 16.8 Å². The molecule has 7 nitrogen and oxygen atoms in total. The van der Waals surface area contributed by atoms with Crippen molar-refractivity contribution in [3.63, 3.8) is 0 Å². The van der Waals surface area contributed by atoms with Crippen molar-refractivity contribution in [1.29, 1.82) is 5.26 Å². The Morgan fingerprint density at radius 2 is 1.88 bits per heavy atom. The Morgan fingerprint density at radius 3 is 2.56 bits per heavy atom. The molecular weight excluding hydrogens is 440 g/mol. The summed E-state index contributed by atoms with van der Waals surface area (Å²) in [5, 5.41) is 11.3. The molecule has 5 rings (SSSR count). The summed E-state index contributed by atoms with van der Waals surface area (Å²) in [4.78, 5) is 28.2. The highest BCUT2D eigenvalue weighted by Crippen LogP contribution is 2.41. The SMILES string of the molecule is CN1C(=C(C#N)C(=O)CSc2nc(N)c3c4c(sc3n2)CCCC4)N(C)c2ccccc21. The highest BCUT2D eigenvalue weighted by atomic mass is 32.2. The van der Waals surface area contributed by atoms with E-state index in [1.165, 1.54) is 35.0 Å². The number of aromatic nitrogens is 2. The number of ketones is 1. The molecule has 3 heterocycles. The van der Waals surface area contributed by atoms with E-state index in [1.807, 2.05) is 48.2 Å². The monoisotopic (exact) mass is 462 g/mol. The van der Waals surface area contributed by atoms with Crippen molar-refractivity contribution in [2.45, 2.75) is 30.8 Å². The van der Waals surface area contributed by atoms with Gasteiger partial charge in [0.1, 0.15) is 28.1 Å². The third kappa shape index (κ3) is 3.31. The molecule has 162 valence electrons. The van der Waals surface area contributed by atoms with Crippen LogP contribution in [0.4, 0.5) is 17.2 Å². The number of nitriles is 1. The number of hydrogen-bond donors (Lipinski definition) is 1. The molecule has 0 bridgehead atoms. The van der Waals surface area contributed by atoms with Gasteiger partial charge in [0.2, 0.25) is 0 Å². The van der Waals surface area contributed by atoms with Crippen LogP contribution in [0.1, 0.15) is 23.3 Å². The first-order valence-corrected chi connectivity index (χ1v) is 12.2. The quantitative estimate of drug-likeness (QED) is 0.267. The van der Waals surface area contributed by atoms with Gasteiger partial charge in [-0.05, 0) is 43.4 Å². The minimum Gasteiger partial charge on any atom is -0.383 e. The van der Waals surface area contributed by atoms with E-state index >= 15 is 0 Å². The molecule has 0 unspecified atom stereocenters. The number of allylic oxidation sites excluding steroid dienone is 1. The number of aryl methyl sites for hydroxylation is 2. The van der Waals surface area contributed by atoms with Gasteiger partial charge in [-0.15, -0.1) is 11.3 Å². The standard InChI is InChI=1S/C23H22N6OS2/c1-28-15-8-4-5-9-16(15)29(2)22(28)14(11-24)17(30)12-31-23-26-20(25)19-13-7-3-6-10-18(13)32-21(19)27-23/h4-5,8-9H,3,6-7,10,12H2,1-2H3,(H2,25,26,27). The summed E-state index contributed by atoms with van der Waals surface area (Å²) in [5.41, 5.74) is 9.62. The van der Waals surface area contributed by atoms with Crippen LogP contribution in [0.25, 0.3) is 10.2 Å². The topological polar surface area (TPSA) is 99.1 Å². The van der Waals surface area contributed by atoms with Gasteiger partial charge in [0, 0.05) is 19.0 Å². The van der Waals surface area contributed by atoms with Crippen LogP contribution >= 0.6 is 23.1 Å². The normalized spacial score (nSPS) is 15.0. The lowest BCUT2D eigenvalue weighted by molar-refractivity contribution is -0.112. The van der Waals surface area contributed by atoms with Crippen LogP contribution in [-0.2, 0) is 17.6 Å². The van der Waals surface area contributed by atoms with Gasteiger partial charge in [0.25, 0.3) is 0 Å². The number of para-hydroxylation sites is 2. The number of thioether (sulfide) groups is 1. The lowest BCUT2D eigenvalue weighted by Crippen LogP contribution is -2.26. The van der Waals surface area contributed by atoms with E-state index in [4.69, 9.17) is 5.73 Å². The van der Waals surface area contributed by atoms with Crippen LogP contribution in [0, 0.1) is 11.3 Å². The number of fused-ring (bicyclic) bond motifs is 4. The minimum absolute atomic E-state index is 0.0699. The van der Waals surface area contributed by atoms with E-state index in [2.05, 4.69) is 16.0 Å². The van der Waals surface area contributed by atoms with Crippen molar-refractivity contribution in [2.24, 2.45) is 0 Å². The summed E-state index contributed by atoms with van der Waals surface area (Å²) in [6.07, 6.45) is 4.46. The highest BCUT2D eigenvalue weighted by molar-refractivity contribution is 7.99. The molecular formula is C23H22N6OS2. The van der Waals surface area contributed by atoms with Gasteiger partial charge < -0.3 is 15.5 Å². The molecule has 9 heteroatoms. The summed E-state index contributed by atoms with van der Waals surface area (Å²) in [6.45, 7) is 0. The fourth-order valence-electron chi connectivity index (χ4n) is 4.49. The molecule has 0 fully saturated rings. The third-order valence-corrected chi connectivity index (χ3v) is 8.04. The van der Waals surface area contributed by atoms with Crippen LogP contribution < -0.4 is 15.5 Å². The number of carbonyl (C=O) groups excluding carboxylic acids is 1. The molecule has 1 aromatic carbocycles. The number of nitrogen functional groups attached to an aromatic ring is 1. The number of nitrogens with zero attached hydrogens (tertiary/aromatic N) is 5. The Morgan fingerprint density at radius 1 is 1.19 bits per heavy atom. The number of carbonyl (C=O) groups is 1. The molecule has 32 heavy (non-hydrogen) atoms. The third-order valence-electron chi connectivity index (χ3n) is 6.01. The fourth-order valence-corrected chi connectivity index (χ4v) is 6.54. The summed E-state index contributed by atoms with van der Waals surface area (Å²) in [6, 6.07) is 9.94. The Bertz CT molecular complexity index is 1290. The molecule has 0 amide bonds. The molecule has 2 N–H and O–H groups in total. The molecule has 2 aromatic heterocycles. The number of anilines is 3. The molecule has 1 aliphatic carbocycles. The lowest BCUT2D eigenvalue weighted by atomic mass is 9.97. The van der Waals surface area contributed by atoms with Gasteiger partial charge in [0.15, 0.2) is 10.9 Å². The predicted octanol–water partition coefficient (Wildman–Crippen LogP) is 4.13. The molecule has 0 radical (unpaired) electrons. The summed E-state index contributed by atoms with van der Waals surface area (Å²) in [5.74, 6) is 0.877. The first kappa shape index (κ1) is 20.8. The van der Waals surface area contributed by atoms with Crippen LogP contribution in [0.15, 0.2) is 40.8 Å². The average Bonchev–Trinajstić information content (AvgIpc) is 3.29. The van der Waals surface area contributed by atoms with Gasteiger partial charge in [-0.1, -0.05) is 23.9 Å². The zero-order valence-corrected chi connectivity index (χ0v) is 19.5. The van der Waals surface area contributed by atoms with Crippen molar-refractivity contribution in [1.82, 2.24) is 9.97 Å². The minimum atomic E-state index is -0.258. The maximum absolute atomic E-state index is 13.0. The Hall–Kier alpha value is -3.09. The molecule has 0 saturated heterocycles. The molecule has 0 atom stereocenters.